The van der Waals surface area contributed by atoms with E-state index in [0.717, 1.165) is 6.42 Å². The normalized spacial score (nSPS) is 12.4. The van der Waals surface area contributed by atoms with Crippen LogP contribution in [0.3, 0.4) is 0 Å². The Morgan fingerprint density at radius 3 is 2.79 bits per heavy atom. The lowest BCUT2D eigenvalue weighted by Gasteiger charge is -2.21. The molecule has 1 rings (SSSR count). The molecular formula is C14H23N3O2. The van der Waals surface area contributed by atoms with Crippen molar-refractivity contribution in [2.75, 3.05) is 32.4 Å². The summed E-state index contributed by atoms with van der Waals surface area (Å²) in [7, 11) is 1.80. The van der Waals surface area contributed by atoms with Gasteiger partial charge in [0.2, 0.25) is 5.91 Å². The number of carbonyl (C=O) groups excluding carboxylic acids is 1. The molecule has 0 bridgehead atoms. The number of para-hydroxylation sites is 1. The van der Waals surface area contributed by atoms with E-state index in [2.05, 4.69) is 5.32 Å². The van der Waals surface area contributed by atoms with Crippen molar-refractivity contribution in [2.45, 2.75) is 19.4 Å². The molecule has 106 valence electrons. The molecule has 0 radical (unpaired) electrons. The summed E-state index contributed by atoms with van der Waals surface area (Å²) in [5.74, 6) is -0.0300. The fraction of sp³-hybridized carbons (Fsp3) is 0.500. The fourth-order valence-corrected chi connectivity index (χ4v) is 1.84. The number of benzene rings is 1. The number of hydrogen-bond acceptors (Lipinski definition) is 4. The van der Waals surface area contributed by atoms with E-state index in [0.29, 0.717) is 24.3 Å². The van der Waals surface area contributed by atoms with Gasteiger partial charge in [-0.2, -0.15) is 0 Å². The van der Waals surface area contributed by atoms with Gasteiger partial charge in [0.15, 0.2) is 0 Å². The number of anilines is 1. The molecule has 1 aromatic rings. The van der Waals surface area contributed by atoms with Gasteiger partial charge in [-0.3, -0.25) is 9.69 Å². The van der Waals surface area contributed by atoms with Crippen molar-refractivity contribution in [3.63, 3.8) is 0 Å². The minimum Gasteiger partial charge on any atom is -0.398 e. The molecule has 1 unspecified atom stereocenters. The van der Waals surface area contributed by atoms with Gasteiger partial charge in [-0.1, -0.05) is 25.1 Å². The minimum atomic E-state index is -0.690. The number of rotatable bonds is 7. The molecule has 0 fully saturated rings. The SMILES string of the molecule is CCCNC(=O)CN(C)CC(O)c1ccccc1N. The van der Waals surface area contributed by atoms with E-state index >= 15 is 0 Å². The van der Waals surface area contributed by atoms with Crippen molar-refractivity contribution >= 4 is 11.6 Å². The fourth-order valence-electron chi connectivity index (χ4n) is 1.84. The van der Waals surface area contributed by atoms with Gasteiger partial charge in [-0.25, -0.2) is 0 Å². The first-order valence-electron chi connectivity index (χ1n) is 6.52. The molecule has 5 heteroatoms. The number of aliphatic hydroxyl groups excluding tert-OH is 1. The van der Waals surface area contributed by atoms with Crippen LogP contribution >= 0.6 is 0 Å². The predicted octanol–water partition coefficient (Wildman–Crippen LogP) is 0.760. The number of hydrogen-bond donors (Lipinski definition) is 3. The number of amides is 1. The van der Waals surface area contributed by atoms with Gasteiger partial charge >= 0.3 is 0 Å². The standard InChI is InChI=1S/C14H23N3O2/c1-3-8-16-14(19)10-17(2)9-13(18)11-6-4-5-7-12(11)15/h4-7,13,18H,3,8-10,15H2,1-2H3,(H,16,19). The Bertz CT molecular complexity index is 409. The van der Waals surface area contributed by atoms with E-state index in [1.807, 2.05) is 19.1 Å². The lowest BCUT2D eigenvalue weighted by Crippen LogP contribution is -2.37. The highest BCUT2D eigenvalue weighted by Gasteiger charge is 2.14. The highest BCUT2D eigenvalue weighted by Crippen LogP contribution is 2.20. The summed E-state index contributed by atoms with van der Waals surface area (Å²) in [4.78, 5) is 13.3. The summed E-state index contributed by atoms with van der Waals surface area (Å²) >= 11 is 0. The third-order valence-corrected chi connectivity index (χ3v) is 2.83. The monoisotopic (exact) mass is 265 g/mol. The summed E-state index contributed by atoms with van der Waals surface area (Å²) in [6.07, 6.45) is 0.226. The van der Waals surface area contributed by atoms with Crippen molar-refractivity contribution in [1.82, 2.24) is 10.2 Å². The second kappa shape index (κ2) is 7.76. The first-order valence-corrected chi connectivity index (χ1v) is 6.52. The maximum Gasteiger partial charge on any atom is 0.234 e. The van der Waals surface area contributed by atoms with E-state index in [9.17, 15) is 9.90 Å². The van der Waals surface area contributed by atoms with Crippen LogP contribution in [0.15, 0.2) is 24.3 Å². The second-order valence-corrected chi connectivity index (χ2v) is 4.69. The Morgan fingerprint density at radius 1 is 1.47 bits per heavy atom. The number of aliphatic hydroxyl groups is 1. The van der Waals surface area contributed by atoms with E-state index in [1.54, 1.807) is 24.1 Å². The molecule has 0 spiro atoms. The number of nitrogens with two attached hydrogens (primary N) is 1. The van der Waals surface area contributed by atoms with Gasteiger partial charge in [0.1, 0.15) is 0 Å². The second-order valence-electron chi connectivity index (χ2n) is 4.69. The average Bonchev–Trinajstić information content (AvgIpc) is 2.36. The molecule has 1 amide bonds. The van der Waals surface area contributed by atoms with Crippen LogP contribution in [0.4, 0.5) is 5.69 Å². The maximum absolute atomic E-state index is 11.5. The molecular weight excluding hydrogens is 242 g/mol. The Hall–Kier alpha value is -1.59. The maximum atomic E-state index is 11.5. The van der Waals surface area contributed by atoms with Crippen molar-refractivity contribution < 1.29 is 9.90 Å². The summed E-state index contributed by atoms with van der Waals surface area (Å²) in [6, 6.07) is 7.22. The molecule has 0 saturated heterocycles. The number of nitrogens with zero attached hydrogens (tertiary/aromatic N) is 1. The molecule has 5 nitrogen and oxygen atoms in total. The number of nitrogens with one attached hydrogen (secondary N) is 1. The predicted molar refractivity (Wildman–Crippen MR) is 76.6 cm³/mol. The summed E-state index contributed by atoms with van der Waals surface area (Å²) < 4.78 is 0. The molecule has 0 aromatic heterocycles. The van der Waals surface area contributed by atoms with Crippen LogP contribution in [0, 0.1) is 0 Å². The first-order chi connectivity index (χ1) is 9.04. The molecule has 0 saturated carbocycles. The van der Waals surface area contributed by atoms with E-state index in [-0.39, 0.29) is 12.5 Å². The topological polar surface area (TPSA) is 78.6 Å². The van der Waals surface area contributed by atoms with Crippen LogP contribution in [0.5, 0.6) is 0 Å². The van der Waals surface area contributed by atoms with Gasteiger partial charge in [-0.15, -0.1) is 0 Å². The Balaban J connectivity index is 2.46. The van der Waals surface area contributed by atoms with Crippen LogP contribution in [0.1, 0.15) is 25.0 Å². The lowest BCUT2D eigenvalue weighted by molar-refractivity contribution is -0.122. The number of carbonyl (C=O) groups is 1. The third-order valence-electron chi connectivity index (χ3n) is 2.83. The number of likely N-dealkylation sites (N-methyl/N-ethyl adjacent to an activating group) is 1. The van der Waals surface area contributed by atoms with Crippen molar-refractivity contribution in [3.8, 4) is 0 Å². The van der Waals surface area contributed by atoms with Crippen molar-refractivity contribution in [2.24, 2.45) is 0 Å². The summed E-state index contributed by atoms with van der Waals surface area (Å²) in [5.41, 5.74) is 7.07. The van der Waals surface area contributed by atoms with E-state index < -0.39 is 6.10 Å². The van der Waals surface area contributed by atoms with Crippen molar-refractivity contribution in [1.29, 1.82) is 0 Å². The lowest BCUT2D eigenvalue weighted by atomic mass is 10.1. The van der Waals surface area contributed by atoms with E-state index in [1.165, 1.54) is 0 Å². The molecule has 0 aliphatic carbocycles. The molecule has 0 aliphatic heterocycles. The third kappa shape index (κ3) is 5.28. The molecule has 0 aliphatic rings. The van der Waals surface area contributed by atoms with Gasteiger partial charge < -0.3 is 16.2 Å². The average molecular weight is 265 g/mol. The van der Waals surface area contributed by atoms with E-state index in [4.69, 9.17) is 5.73 Å². The molecule has 19 heavy (non-hydrogen) atoms. The van der Waals surface area contributed by atoms with Gasteiger partial charge in [0.25, 0.3) is 0 Å². The Morgan fingerprint density at radius 2 is 2.16 bits per heavy atom. The zero-order valence-electron chi connectivity index (χ0n) is 11.6. The van der Waals surface area contributed by atoms with Gasteiger partial charge in [0.05, 0.1) is 12.6 Å². The van der Waals surface area contributed by atoms with Gasteiger partial charge in [-0.05, 0) is 19.5 Å². The smallest absolute Gasteiger partial charge is 0.234 e. The zero-order valence-corrected chi connectivity index (χ0v) is 11.6. The molecule has 1 aromatic carbocycles. The minimum absolute atomic E-state index is 0.0300. The summed E-state index contributed by atoms with van der Waals surface area (Å²) in [6.45, 7) is 3.32. The molecule has 4 N–H and O–H groups in total. The Kier molecular flexibility index (Phi) is 6.32. The highest BCUT2D eigenvalue weighted by atomic mass is 16.3. The zero-order chi connectivity index (χ0) is 14.3. The Labute approximate surface area is 114 Å². The van der Waals surface area contributed by atoms with Crippen molar-refractivity contribution in [3.05, 3.63) is 29.8 Å². The van der Waals surface area contributed by atoms with Gasteiger partial charge in [0, 0.05) is 24.3 Å². The van der Waals surface area contributed by atoms with Crippen LogP contribution < -0.4 is 11.1 Å². The van der Waals surface area contributed by atoms with Crippen LogP contribution in [-0.2, 0) is 4.79 Å². The summed E-state index contributed by atoms with van der Waals surface area (Å²) in [5, 5.41) is 12.9. The largest absolute Gasteiger partial charge is 0.398 e. The van der Waals surface area contributed by atoms with Crippen LogP contribution in [0.2, 0.25) is 0 Å². The highest BCUT2D eigenvalue weighted by molar-refractivity contribution is 5.77. The molecule has 1 atom stereocenters. The number of nitrogen functional groups attached to an aromatic ring is 1. The first kappa shape index (κ1) is 15.5. The van der Waals surface area contributed by atoms with Crippen LogP contribution in [0.25, 0.3) is 0 Å². The quantitative estimate of drug-likeness (QED) is 0.636. The molecule has 0 heterocycles. The van der Waals surface area contributed by atoms with Crippen LogP contribution in [-0.4, -0.2) is 42.6 Å².